The lowest BCUT2D eigenvalue weighted by Crippen LogP contribution is -2.29. The minimum Gasteiger partial charge on any atom is -0.295 e. The number of hydrogen-bond acceptors (Lipinski definition) is 2. The third-order valence-electron chi connectivity index (χ3n) is 3.96. The first-order chi connectivity index (χ1) is 9.36. The van der Waals surface area contributed by atoms with Crippen LogP contribution in [0.15, 0.2) is 36.4 Å². The molecule has 1 aliphatic heterocycles. The second-order valence-electron chi connectivity index (χ2n) is 5.24. The fourth-order valence-electron chi connectivity index (χ4n) is 2.96. The van der Waals surface area contributed by atoms with Crippen LogP contribution in [-0.4, -0.2) is 28.4 Å². The molecule has 0 radical (unpaired) electrons. The fraction of sp³-hybridized carbons (Fsp3) is 0.438. The quantitative estimate of drug-likeness (QED) is 0.788. The number of para-hydroxylation sites is 1. The molecule has 0 bridgehead atoms. The van der Waals surface area contributed by atoms with Crippen molar-refractivity contribution in [3.05, 3.63) is 42.1 Å². The highest BCUT2D eigenvalue weighted by molar-refractivity contribution is 6.17. The Kier molecular flexibility index (Phi) is 4.00. The minimum atomic E-state index is 0.644. The maximum atomic E-state index is 5.89. The molecule has 19 heavy (non-hydrogen) atoms. The van der Waals surface area contributed by atoms with Crippen LogP contribution in [0.25, 0.3) is 10.9 Å². The molecule has 1 fully saturated rings. The van der Waals surface area contributed by atoms with E-state index in [1.807, 2.05) is 6.07 Å². The molecule has 1 saturated heterocycles. The first-order valence-corrected chi connectivity index (χ1v) is 7.55. The van der Waals surface area contributed by atoms with Crippen molar-refractivity contribution in [3.63, 3.8) is 0 Å². The van der Waals surface area contributed by atoms with Gasteiger partial charge in [0.25, 0.3) is 0 Å². The highest BCUT2D eigenvalue weighted by Gasteiger charge is 2.23. The third kappa shape index (κ3) is 2.90. The summed E-state index contributed by atoms with van der Waals surface area (Å²) in [6.07, 6.45) is 3.66. The molecule has 1 aliphatic rings. The van der Waals surface area contributed by atoms with Crippen molar-refractivity contribution in [1.29, 1.82) is 0 Å². The summed E-state index contributed by atoms with van der Waals surface area (Å²) in [5.74, 6) is 0.756. The number of pyridine rings is 1. The molecule has 100 valence electrons. The van der Waals surface area contributed by atoms with Crippen LogP contribution in [0.1, 0.15) is 25.0 Å². The van der Waals surface area contributed by atoms with E-state index in [1.54, 1.807) is 0 Å². The molecular weight excluding hydrogens is 256 g/mol. The zero-order chi connectivity index (χ0) is 13.1. The van der Waals surface area contributed by atoms with Crippen LogP contribution in [0, 0.1) is 0 Å². The summed E-state index contributed by atoms with van der Waals surface area (Å²) in [7, 11) is 0. The van der Waals surface area contributed by atoms with Gasteiger partial charge in [-0.3, -0.25) is 9.88 Å². The molecular formula is C16H19ClN2. The van der Waals surface area contributed by atoms with Gasteiger partial charge in [0.05, 0.1) is 11.2 Å². The number of halogens is 1. The van der Waals surface area contributed by atoms with Gasteiger partial charge < -0.3 is 0 Å². The Labute approximate surface area is 119 Å². The largest absolute Gasteiger partial charge is 0.295 e. The number of likely N-dealkylation sites (tertiary alicyclic amines) is 1. The van der Waals surface area contributed by atoms with Gasteiger partial charge in [-0.25, -0.2) is 0 Å². The second-order valence-corrected chi connectivity index (χ2v) is 5.62. The lowest BCUT2D eigenvalue weighted by molar-refractivity contribution is 0.238. The highest BCUT2D eigenvalue weighted by Crippen LogP contribution is 2.23. The summed E-state index contributed by atoms with van der Waals surface area (Å²) in [4.78, 5) is 7.29. The normalized spacial score (nSPS) is 20.2. The van der Waals surface area contributed by atoms with E-state index in [2.05, 4.69) is 35.2 Å². The Morgan fingerprint density at radius 3 is 3.00 bits per heavy atom. The molecule has 0 aliphatic carbocycles. The molecule has 0 spiro atoms. The van der Waals surface area contributed by atoms with Crippen LogP contribution in [0.3, 0.4) is 0 Å². The van der Waals surface area contributed by atoms with Crippen LogP contribution in [0.2, 0.25) is 0 Å². The molecule has 2 aromatic rings. The lowest BCUT2D eigenvalue weighted by atomic mass is 10.1. The van der Waals surface area contributed by atoms with Crippen molar-refractivity contribution in [2.24, 2.45) is 0 Å². The molecule has 2 heterocycles. The van der Waals surface area contributed by atoms with E-state index >= 15 is 0 Å². The summed E-state index contributed by atoms with van der Waals surface area (Å²) >= 11 is 5.89. The lowest BCUT2D eigenvalue weighted by Gasteiger charge is -2.23. The van der Waals surface area contributed by atoms with Gasteiger partial charge >= 0.3 is 0 Å². The van der Waals surface area contributed by atoms with Gasteiger partial charge in [0.1, 0.15) is 0 Å². The van der Waals surface area contributed by atoms with Crippen molar-refractivity contribution >= 4 is 22.5 Å². The first-order valence-electron chi connectivity index (χ1n) is 7.01. The van der Waals surface area contributed by atoms with Crippen LogP contribution in [0.5, 0.6) is 0 Å². The van der Waals surface area contributed by atoms with Crippen molar-refractivity contribution in [2.45, 2.75) is 31.8 Å². The van der Waals surface area contributed by atoms with Gasteiger partial charge in [0.2, 0.25) is 0 Å². The van der Waals surface area contributed by atoms with Crippen molar-refractivity contribution in [3.8, 4) is 0 Å². The molecule has 2 nitrogen and oxygen atoms in total. The van der Waals surface area contributed by atoms with E-state index in [0.29, 0.717) is 6.04 Å². The standard InChI is InChI=1S/C16H19ClN2/c17-10-9-15-5-3-11-19(15)12-14-8-7-13-4-1-2-6-16(13)18-14/h1-2,4,6-8,15H,3,5,9-12H2. The Morgan fingerprint density at radius 1 is 1.21 bits per heavy atom. The molecule has 0 saturated carbocycles. The highest BCUT2D eigenvalue weighted by atomic mass is 35.5. The summed E-state index contributed by atoms with van der Waals surface area (Å²) in [6.45, 7) is 2.13. The molecule has 1 unspecified atom stereocenters. The zero-order valence-corrected chi connectivity index (χ0v) is 11.8. The number of rotatable bonds is 4. The summed E-state index contributed by atoms with van der Waals surface area (Å²) in [5, 5.41) is 1.21. The maximum absolute atomic E-state index is 5.89. The van der Waals surface area contributed by atoms with E-state index < -0.39 is 0 Å². The topological polar surface area (TPSA) is 16.1 Å². The van der Waals surface area contributed by atoms with Crippen molar-refractivity contribution in [2.75, 3.05) is 12.4 Å². The predicted octanol–water partition coefficient (Wildman–Crippen LogP) is 3.83. The Bertz CT molecular complexity index is 555. The van der Waals surface area contributed by atoms with Crippen LogP contribution in [0.4, 0.5) is 0 Å². The molecule has 0 N–H and O–H groups in total. The van der Waals surface area contributed by atoms with Gasteiger partial charge in [-0.1, -0.05) is 24.3 Å². The van der Waals surface area contributed by atoms with E-state index in [1.165, 1.54) is 30.5 Å². The molecule has 1 atom stereocenters. The monoisotopic (exact) mass is 274 g/mol. The molecule has 1 aromatic carbocycles. The Hall–Kier alpha value is -1.12. The average molecular weight is 275 g/mol. The van der Waals surface area contributed by atoms with E-state index in [0.717, 1.165) is 24.4 Å². The number of fused-ring (bicyclic) bond motifs is 1. The first kappa shape index (κ1) is 12.9. The molecule has 3 heteroatoms. The fourth-order valence-corrected chi connectivity index (χ4v) is 3.21. The number of hydrogen-bond donors (Lipinski definition) is 0. The van der Waals surface area contributed by atoms with Gasteiger partial charge in [-0.05, 0) is 37.9 Å². The molecule has 1 aromatic heterocycles. The van der Waals surface area contributed by atoms with Gasteiger partial charge in [0.15, 0.2) is 0 Å². The smallest absolute Gasteiger partial charge is 0.0705 e. The van der Waals surface area contributed by atoms with Gasteiger partial charge in [0, 0.05) is 23.9 Å². The summed E-state index contributed by atoms with van der Waals surface area (Å²) in [5.41, 5.74) is 2.26. The van der Waals surface area contributed by atoms with E-state index in [4.69, 9.17) is 16.6 Å². The van der Waals surface area contributed by atoms with E-state index in [9.17, 15) is 0 Å². The maximum Gasteiger partial charge on any atom is 0.0705 e. The molecule has 0 amide bonds. The molecule has 3 rings (SSSR count). The number of alkyl halides is 1. The van der Waals surface area contributed by atoms with Gasteiger partial charge in [-0.2, -0.15) is 0 Å². The summed E-state index contributed by atoms with van der Waals surface area (Å²) in [6, 6.07) is 13.3. The minimum absolute atomic E-state index is 0.644. The third-order valence-corrected chi connectivity index (χ3v) is 4.18. The second kappa shape index (κ2) is 5.89. The Balaban J connectivity index is 1.77. The zero-order valence-electron chi connectivity index (χ0n) is 11.1. The SMILES string of the molecule is ClCCC1CCCN1Cc1ccc2ccccc2n1. The van der Waals surface area contributed by atoms with Crippen LogP contribution < -0.4 is 0 Å². The van der Waals surface area contributed by atoms with Crippen LogP contribution in [-0.2, 0) is 6.54 Å². The summed E-state index contributed by atoms with van der Waals surface area (Å²) < 4.78 is 0. The average Bonchev–Trinajstić information content (AvgIpc) is 2.86. The van der Waals surface area contributed by atoms with Gasteiger partial charge in [-0.15, -0.1) is 11.6 Å². The number of nitrogens with zero attached hydrogens (tertiary/aromatic N) is 2. The predicted molar refractivity (Wildman–Crippen MR) is 80.5 cm³/mol. The number of benzene rings is 1. The van der Waals surface area contributed by atoms with Crippen molar-refractivity contribution < 1.29 is 0 Å². The number of aromatic nitrogens is 1. The Morgan fingerprint density at radius 2 is 2.11 bits per heavy atom. The van der Waals surface area contributed by atoms with Crippen molar-refractivity contribution in [1.82, 2.24) is 9.88 Å². The van der Waals surface area contributed by atoms with Crippen LogP contribution >= 0.6 is 11.6 Å². The van der Waals surface area contributed by atoms with E-state index in [-0.39, 0.29) is 0 Å².